The van der Waals surface area contributed by atoms with Gasteiger partial charge < -0.3 is 4.98 Å². The van der Waals surface area contributed by atoms with E-state index in [9.17, 15) is 0 Å². The van der Waals surface area contributed by atoms with E-state index in [0.29, 0.717) is 5.92 Å². The van der Waals surface area contributed by atoms with Crippen LogP contribution in [-0.4, -0.2) is 13.8 Å². The van der Waals surface area contributed by atoms with Crippen LogP contribution in [0.2, 0.25) is 13.1 Å². The van der Waals surface area contributed by atoms with Gasteiger partial charge in [0.1, 0.15) is 8.24 Å². The molecule has 0 radical (unpaired) electrons. The van der Waals surface area contributed by atoms with Gasteiger partial charge >= 0.3 is 21.7 Å². The van der Waals surface area contributed by atoms with Gasteiger partial charge in [0, 0.05) is 11.5 Å². The summed E-state index contributed by atoms with van der Waals surface area (Å²) >= 11 is 0. The zero-order valence-electron chi connectivity index (χ0n) is 20.7. The van der Waals surface area contributed by atoms with Gasteiger partial charge in [0.2, 0.25) is 0 Å². The van der Waals surface area contributed by atoms with E-state index in [1.807, 2.05) is 0 Å². The second kappa shape index (κ2) is 10.1. The maximum Gasteiger partial charge on any atom is 2.00 e. The molecule has 166 valence electrons. The van der Waals surface area contributed by atoms with Crippen LogP contribution in [0.15, 0.2) is 96.2 Å². The molecule has 4 rings (SSSR count). The minimum atomic E-state index is -1.98. The summed E-state index contributed by atoms with van der Waals surface area (Å²) < 4.78 is 0. The van der Waals surface area contributed by atoms with Crippen LogP contribution in [0.25, 0.3) is 16.7 Å². The summed E-state index contributed by atoms with van der Waals surface area (Å²) in [7, 11) is -1.98. The molecule has 33 heavy (non-hydrogen) atoms. The maximum atomic E-state index is 4.07. The van der Waals surface area contributed by atoms with Crippen LogP contribution >= 0.6 is 0 Å². The quantitative estimate of drug-likeness (QED) is 0.363. The van der Waals surface area contributed by atoms with Gasteiger partial charge in [0.05, 0.1) is 0 Å². The molecule has 0 aromatic heterocycles. The van der Waals surface area contributed by atoms with Gasteiger partial charge in [-0.15, -0.1) is 0 Å². The largest absolute Gasteiger partial charge is 2.00 e. The Morgan fingerprint density at radius 1 is 0.636 bits per heavy atom. The van der Waals surface area contributed by atoms with E-state index in [0.717, 1.165) is 0 Å². The van der Waals surface area contributed by atoms with Gasteiger partial charge in [0.25, 0.3) is 0 Å². The summed E-state index contributed by atoms with van der Waals surface area (Å²) in [5.74, 6) is 0.347. The van der Waals surface area contributed by atoms with Crippen molar-refractivity contribution >= 4 is 25.0 Å². The Morgan fingerprint density at radius 3 is 1.45 bits per heavy atom. The molecule has 0 heterocycles. The Balaban J connectivity index is 0.00000306. The molecule has 3 aromatic rings. The van der Waals surface area contributed by atoms with Crippen molar-refractivity contribution < 1.29 is 21.7 Å². The van der Waals surface area contributed by atoms with E-state index < -0.39 is 8.24 Å². The van der Waals surface area contributed by atoms with Crippen LogP contribution in [0, 0.1) is 5.92 Å². The topological polar surface area (TPSA) is 12.0 Å². The summed E-state index contributed by atoms with van der Waals surface area (Å²) in [5, 5.41) is 1.59. The molecule has 0 bridgehead atoms. The van der Waals surface area contributed by atoms with E-state index in [4.69, 9.17) is 0 Å². The van der Waals surface area contributed by atoms with Crippen molar-refractivity contribution in [3.63, 3.8) is 0 Å². The number of allylic oxidation sites excluding steroid dienone is 4. The molecule has 1 aliphatic carbocycles. The van der Waals surface area contributed by atoms with Gasteiger partial charge in [0.15, 0.2) is 0 Å². The minimum absolute atomic E-state index is 0. The standard InChI is InChI=1S/C30H35NSi.Ti/c1-22-26(23-16-10-7-11-17-23)27(24-18-12-8-13-19-24)28(25-20-14-9-15-21-25)29(22)32(5,6)31-30(2,3)4;/h7-22,31H,1-6H3;/q;+2. The molecule has 0 fully saturated rings. The second-order valence-electron chi connectivity index (χ2n) is 10.4. The smallest absolute Gasteiger partial charge is 0.329 e. The number of hydrogen-bond donors (Lipinski definition) is 1. The molecular formula is C30H35NSiTi+2. The normalized spacial score (nSPS) is 16.7. The van der Waals surface area contributed by atoms with Crippen molar-refractivity contribution in [3.05, 3.63) is 113 Å². The molecular weight excluding hydrogens is 450 g/mol. The van der Waals surface area contributed by atoms with E-state index in [1.54, 1.807) is 5.20 Å². The molecule has 0 spiro atoms. The Kier molecular flexibility index (Phi) is 7.86. The molecule has 1 N–H and O–H groups in total. The third-order valence-corrected chi connectivity index (χ3v) is 9.63. The van der Waals surface area contributed by atoms with Crippen LogP contribution < -0.4 is 4.98 Å². The average molecular weight is 486 g/mol. The average Bonchev–Trinajstić information content (AvgIpc) is 3.08. The summed E-state index contributed by atoms with van der Waals surface area (Å²) in [6.45, 7) is 14.2. The molecule has 0 amide bonds. The van der Waals surface area contributed by atoms with Crippen molar-refractivity contribution in [2.75, 3.05) is 0 Å². The fraction of sp³-hybridized carbons (Fsp3) is 0.267. The molecule has 0 saturated carbocycles. The van der Waals surface area contributed by atoms with E-state index >= 15 is 0 Å². The van der Waals surface area contributed by atoms with Crippen LogP contribution in [0.5, 0.6) is 0 Å². The van der Waals surface area contributed by atoms with Gasteiger partial charge in [-0.2, -0.15) is 0 Å². The van der Waals surface area contributed by atoms with Crippen molar-refractivity contribution in [3.8, 4) is 0 Å². The molecule has 3 heteroatoms. The van der Waals surface area contributed by atoms with Crippen LogP contribution in [-0.2, 0) is 21.7 Å². The molecule has 1 aliphatic rings. The zero-order chi connectivity index (χ0) is 22.9. The fourth-order valence-electron chi connectivity index (χ4n) is 5.53. The summed E-state index contributed by atoms with van der Waals surface area (Å²) in [5.41, 5.74) is 8.26. The fourth-order valence-corrected chi connectivity index (χ4v) is 9.66. The van der Waals surface area contributed by atoms with Crippen molar-refractivity contribution in [2.24, 2.45) is 5.92 Å². The van der Waals surface area contributed by atoms with Crippen molar-refractivity contribution in [1.29, 1.82) is 0 Å². The van der Waals surface area contributed by atoms with Gasteiger partial charge in [-0.05, 0) is 54.2 Å². The van der Waals surface area contributed by atoms with E-state index in [-0.39, 0.29) is 27.3 Å². The Labute approximate surface area is 216 Å². The SMILES string of the molecule is CC1C(c2ccccc2)=C(c2ccccc2)C(c2ccccc2)=C1[Si](C)(C)NC(C)(C)C.[Ti+2]. The molecule has 1 unspecified atom stereocenters. The molecule has 1 atom stereocenters. The van der Waals surface area contributed by atoms with Crippen LogP contribution in [0.4, 0.5) is 0 Å². The first kappa shape index (κ1) is 25.7. The predicted molar refractivity (Wildman–Crippen MR) is 143 cm³/mol. The Hall–Kier alpha value is -1.97. The molecule has 0 aliphatic heterocycles. The number of rotatable bonds is 5. The monoisotopic (exact) mass is 485 g/mol. The predicted octanol–water partition coefficient (Wildman–Crippen LogP) is 7.83. The van der Waals surface area contributed by atoms with Crippen LogP contribution in [0.3, 0.4) is 0 Å². The first-order valence-electron chi connectivity index (χ1n) is 11.6. The van der Waals surface area contributed by atoms with E-state index in [2.05, 4.69) is 137 Å². The number of nitrogens with one attached hydrogen (secondary N) is 1. The van der Waals surface area contributed by atoms with Crippen LogP contribution in [0.1, 0.15) is 44.4 Å². The second-order valence-corrected chi connectivity index (χ2v) is 14.4. The third kappa shape index (κ3) is 5.41. The zero-order valence-corrected chi connectivity index (χ0v) is 23.3. The van der Waals surface area contributed by atoms with Gasteiger partial charge in [-0.1, -0.05) is 116 Å². The summed E-state index contributed by atoms with van der Waals surface area (Å²) in [6, 6.07) is 32.9. The first-order valence-corrected chi connectivity index (χ1v) is 14.6. The molecule has 1 nitrogen and oxygen atoms in total. The Bertz CT molecular complexity index is 1140. The Morgan fingerprint density at radius 2 is 1.03 bits per heavy atom. The van der Waals surface area contributed by atoms with Gasteiger partial charge in [-0.25, -0.2) is 0 Å². The van der Waals surface area contributed by atoms with E-state index in [1.165, 1.54) is 33.4 Å². The minimum Gasteiger partial charge on any atom is -0.329 e. The molecule has 0 saturated heterocycles. The molecule has 3 aromatic carbocycles. The number of hydrogen-bond acceptors (Lipinski definition) is 1. The maximum absolute atomic E-state index is 4.07. The summed E-state index contributed by atoms with van der Waals surface area (Å²) in [6.07, 6.45) is 0. The van der Waals surface area contributed by atoms with Gasteiger partial charge in [-0.3, -0.25) is 0 Å². The van der Waals surface area contributed by atoms with Crippen molar-refractivity contribution in [1.82, 2.24) is 4.98 Å². The van der Waals surface area contributed by atoms with Crippen molar-refractivity contribution in [2.45, 2.75) is 46.3 Å². The third-order valence-electron chi connectivity index (χ3n) is 6.23. The first-order chi connectivity index (χ1) is 15.2. The summed E-state index contributed by atoms with van der Waals surface area (Å²) in [4.78, 5) is 4.07. The number of benzene rings is 3.